The first-order valence-corrected chi connectivity index (χ1v) is 7.41. The summed E-state index contributed by atoms with van der Waals surface area (Å²) in [6.45, 7) is -0.332. The van der Waals surface area contributed by atoms with Crippen molar-refractivity contribution in [1.29, 1.82) is 0 Å². The van der Waals surface area contributed by atoms with Gasteiger partial charge in [0, 0.05) is 11.9 Å². The van der Waals surface area contributed by atoms with E-state index in [1.807, 2.05) is 0 Å². The van der Waals surface area contributed by atoms with Crippen molar-refractivity contribution in [1.82, 2.24) is 9.29 Å². The molecule has 1 aliphatic rings. The van der Waals surface area contributed by atoms with Crippen LogP contribution in [-0.2, 0) is 16.6 Å². The molecule has 0 radical (unpaired) electrons. The second kappa shape index (κ2) is 4.52. The summed E-state index contributed by atoms with van der Waals surface area (Å²) in [6.07, 6.45) is 1.30. The van der Waals surface area contributed by atoms with E-state index in [-0.39, 0.29) is 28.4 Å². The van der Waals surface area contributed by atoms with Gasteiger partial charge in [0.1, 0.15) is 5.82 Å². The van der Waals surface area contributed by atoms with E-state index in [0.29, 0.717) is 4.31 Å². The Labute approximate surface area is 120 Å². The van der Waals surface area contributed by atoms with Crippen molar-refractivity contribution in [3.63, 3.8) is 0 Å². The van der Waals surface area contributed by atoms with Crippen LogP contribution in [0.2, 0.25) is 0 Å². The Balaban J connectivity index is 2.05. The number of hydrogen-bond acceptors (Lipinski definition) is 5. The molecule has 3 rings (SSSR count). The number of nitrogen functional groups attached to an aromatic ring is 1. The Morgan fingerprint density at radius 3 is 2.76 bits per heavy atom. The molecule has 0 atom stereocenters. The number of nitrogens with two attached hydrogens (primary N) is 1. The van der Waals surface area contributed by atoms with Crippen LogP contribution in [0.3, 0.4) is 0 Å². The first-order valence-electron chi connectivity index (χ1n) is 5.97. The summed E-state index contributed by atoms with van der Waals surface area (Å²) in [5, 5.41) is -0.287. The molecule has 0 fully saturated rings. The average Bonchev–Trinajstić information content (AvgIpc) is 2.64. The van der Waals surface area contributed by atoms with Gasteiger partial charge in [-0.2, -0.15) is 8.42 Å². The second-order valence-electron chi connectivity index (χ2n) is 4.52. The zero-order valence-corrected chi connectivity index (χ0v) is 11.5. The van der Waals surface area contributed by atoms with Crippen molar-refractivity contribution >= 4 is 21.6 Å². The molecule has 0 saturated carbocycles. The first-order chi connectivity index (χ1) is 9.91. The van der Waals surface area contributed by atoms with Gasteiger partial charge < -0.3 is 5.73 Å². The molecule has 108 valence electrons. The van der Waals surface area contributed by atoms with Crippen LogP contribution >= 0.6 is 0 Å². The molecule has 2 N–H and O–H groups in total. The van der Waals surface area contributed by atoms with Crippen LogP contribution < -0.4 is 5.73 Å². The summed E-state index contributed by atoms with van der Waals surface area (Å²) in [6, 6.07) is 6.46. The fraction of sp³-hybridized carbons (Fsp3) is 0.0769. The highest BCUT2D eigenvalue weighted by Gasteiger charge is 2.42. The molecule has 0 unspecified atom stereocenters. The lowest BCUT2D eigenvalue weighted by molar-refractivity contribution is 0.0865. The standard InChI is InChI=1S/C13H10FN3O3S/c14-9-3-4-11(15)8(6-9)7-17-13(18)10-2-1-5-16-12(10)21(17,19)20/h1-6H,7,15H2. The molecule has 0 saturated heterocycles. The van der Waals surface area contributed by atoms with Crippen molar-refractivity contribution < 1.29 is 17.6 Å². The van der Waals surface area contributed by atoms with Crippen molar-refractivity contribution in [2.75, 3.05) is 5.73 Å². The van der Waals surface area contributed by atoms with Crippen LogP contribution in [0.5, 0.6) is 0 Å². The topological polar surface area (TPSA) is 93.4 Å². The molecular formula is C13H10FN3O3S. The van der Waals surface area contributed by atoms with E-state index < -0.39 is 21.7 Å². The molecular weight excluding hydrogens is 297 g/mol. The van der Waals surface area contributed by atoms with Crippen LogP contribution in [0.15, 0.2) is 41.6 Å². The maximum atomic E-state index is 13.3. The quantitative estimate of drug-likeness (QED) is 0.840. The SMILES string of the molecule is Nc1ccc(F)cc1CN1C(=O)c2cccnc2S1(=O)=O. The fourth-order valence-corrected chi connectivity index (χ4v) is 3.59. The highest BCUT2D eigenvalue weighted by atomic mass is 32.2. The molecule has 21 heavy (non-hydrogen) atoms. The van der Waals surface area contributed by atoms with E-state index in [0.717, 1.165) is 12.1 Å². The average molecular weight is 307 g/mol. The molecule has 2 aromatic rings. The molecule has 0 bridgehead atoms. The Kier molecular flexibility index (Phi) is 2.91. The van der Waals surface area contributed by atoms with Crippen LogP contribution in [0.4, 0.5) is 10.1 Å². The number of halogens is 1. The number of aromatic nitrogens is 1. The molecule has 8 heteroatoms. The van der Waals surface area contributed by atoms with Crippen molar-refractivity contribution in [2.24, 2.45) is 0 Å². The Hall–Kier alpha value is -2.48. The number of fused-ring (bicyclic) bond motifs is 1. The largest absolute Gasteiger partial charge is 0.398 e. The molecule has 1 aromatic carbocycles. The van der Waals surface area contributed by atoms with Crippen LogP contribution in [0.1, 0.15) is 15.9 Å². The lowest BCUT2D eigenvalue weighted by Gasteiger charge is -2.16. The van der Waals surface area contributed by atoms with Gasteiger partial charge in [0.2, 0.25) is 0 Å². The van der Waals surface area contributed by atoms with Gasteiger partial charge in [-0.05, 0) is 35.9 Å². The zero-order valence-electron chi connectivity index (χ0n) is 10.7. The number of anilines is 1. The van der Waals surface area contributed by atoms with Crippen molar-refractivity contribution in [2.45, 2.75) is 11.6 Å². The number of amides is 1. The summed E-state index contributed by atoms with van der Waals surface area (Å²) in [4.78, 5) is 15.9. The molecule has 2 heterocycles. The summed E-state index contributed by atoms with van der Waals surface area (Å²) in [5.41, 5.74) is 6.13. The molecule has 0 spiro atoms. The minimum atomic E-state index is -4.03. The second-order valence-corrected chi connectivity index (χ2v) is 6.29. The lowest BCUT2D eigenvalue weighted by Crippen LogP contribution is -2.30. The predicted octanol–water partition coefficient (Wildman–Crippen LogP) is 1.15. The van der Waals surface area contributed by atoms with Gasteiger partial charge in [-0.3, -0.25) is 4.79 Å². The summed E-state index contributed by atoms with van der Waals surface area (Å²) >= 11 is 0. The highest BCUT2D eigenvalue weighted by molar-refractivity contribution is 7.90. The molecule has 1 aliphatic heterocycles. The van der Waals surface area contributed by atoms with E-state index in [2.05, 4.69) is 4.98 Å². The minimum Gasteiger partial charge on any atom is -0.398 e. The number of carbonyl (C=O) groups excluding carboxylic acids is 1. The molecule has 1 aromatic heterocycles. The maximum Gasteiger partial charge on any atom is 0.285 e. The van der Waals surface area contributed by atoms with Crippen LogP contribution in [0.25, 0.3) is 0 Å². The predicted molar refractivity (Wildman–Crippen MR) is 72.1 cm³/mol. The number of hydrogen-bond donors (Lipinski definition) is 1. The maximum absolute atomic E-state index is 13.3. The third-order valence-electron chi connectivity index (χ3n) is 3.18. The number of benzene rings is 1. The smallest absolute Gasteiger partial charge is 0.285 e. The van der Waals surface area contributed by atoms with Crippen LogP contribution in [0, 0.1) is 5.82 Å². The van der Waals surface area contributed by atoms with Crippen molar-refractivity contribution in [3.8, 4) is 0 Å². The summed E-state index contributed by atoms with van der Waals surface area (Å²) in [7, 11) is -4.03. The van der Waals surface area contributed by atoms with E-state index in [1.165, 1.54) is 24.4 Å². The zero-order chi connectivity index (χ0) is 15.2. The normalized spacial score (nSPS) is 16.0. The Morgan fingerprint density at radius 1 is 1.29 bits per heavy atom. The van der Waals surface area contributed by atoms with Crippen molar-refractivity contribution in [3.05, 3.63) is 53.5 Å². The number of sulfonamides is 1. The number of carbonyl (C=O) groups is 1. The monoisotopic (exact) mass is 307 g/mol. The number of pyridine rings is 1. The fourth-order valence-electron chi connectivity index (χ4n) is 2.13. The molecule has 1 amide bonds. The van der Waals surface area contributed by atoms with E-state index in [1.54, 1.807) is 0 Å². The van der Waals surface area contributed by atoms with E-state index in [9.17, 15) is 17.6 Å². The number of rotatable bonds is 2. The van der Waals surface area contributed by atoms with E-state index >= 15 is 0 Å². The third-order valence-corrected chi connectivity index (χ3v) is 4.87. The van der Waals surface area contributed by atoms with Gasteiger partial charge in [-0.1, -0.05) is 0 Å². The van der Waals surface area contributed by atoms with Gasteiger partial charge in [0.05, 0.1) is 12.1 Å². The Bertz CT molecular complexity index is 851. The summed E-state index contributed by atoms with van der Waals surface area (Å²) in [5.74, 6) is -1.25. The molecule has 6 nitrogen and oxygen atoms in total. The van der Waals surface area contributed by atoms with E-state index in [4.69, 9.17) is 5.73 Å². The highest BCUT2D eigenvalue weighted by Crippen LogP contribution is 2.30. The third kappa shape index (κ3) is 2.04. The van der Waals surface area contributed by atoms with Gasteiger partial charge in [0.15, 0.2) is 5.03 Å². The Morgan fingerprint density at radius 2 is 2.05 bits per heavy atom. The van der Waals surface area contributed by atoms with Gasteiger partial charge in [-0.15, -0.1) is 0 Å². The first kappa shape index (κ1) is 13.5. The minimum absolute atomic E-state index is 0.00692. The molecule has 0 aliphatic carbocycles. The van der Waals surface area contributed by atoms with Crippen LogP contribution in [-0.4, -0.2) is 23.6 Å². The van der Waals surface area contributed by atoms with Gasteiger partial charge in [0.25, 0.3) is 15.9 Å². The lowest BCUT2D eigenvalue weighted by atomic mass is 10.1. The van der Waals surface area contributed by atoms with Gasteiger partial charge >= 0.3 is 0 Å². The van der Waals surface area contributed by atoms with Gasteiger partial charge in [-0.25, -0.2) is 13.7 Å². The number of nitrogens with zero attached hydrogens (tertiary/aromatic N) is 2. The summed E-state index contributed by atoms with van der Waals surface area (Å²) < 4.78 is 38.5.